The van der Waals surface area contributed by atoms with Crippen LogP contribution in [0.15, 0.2) is 84.9 Å². The van der Waals surface area contributed by atoms with Crippen LogP contribution in [0.5, 0.6) is 0 Å². The molecule has 1 heterocycles. The van der Waals surface area contributed by atoms with Crippen LogP contribution in [-0.2, 0) is 4.75 Å². The third kappa shape index (κ3) is 2.16. The molecule has 1 aliphatic heterocycles. The van der Waals surface area contributed by atoms with E-state index in [0.29, 0.717) is 0 Å². The van der Waals surface area contributed by atoms with Gasteiger partial charge in [0.25, 0.3) is 0 Å². The number of hydrogen-bond donors (Lipinski definition) is 0. The minimum atomic E-state index is -0.0768. The standard InChI is InChI=1S/C23H17ClS/c24-17-8-5-7-16(15-17)20-13-6-14-25-23(20)21-11-3-1-9-18(21)19-10-2-4-12-22(19)23/h1-13,15,20H,14H2. The Bertz CT molecular complexity index is 943. The van der Waals surface area contributed by atoms with Crippen molar-refractivity contribution in [1.29, 1.82) is 0 Å². The maximum Gasteiger partial charge on any atom is 0.0775 e. The van der Waals surface area contributed by atoms with E-state index in [2.05, 4.69) is 78.9 Å². The summed E-state index contributed by atoms with van der Waals surface area (Å²) in [5, 5.41) is 0.802. The molecular weight excluding hydrogens is 344 g/mol. The Hall–Kier alpha value is -1.96. The van der Waals surface area contributed by atoms with E-state index >= 15 is 0 Å². The second kappa shape index (κ2) is 5.79. The Kier molecular flexibility index (Phi) is 3.55. The first-order chi connectivity index (χ1) is 12.3. The fraction of sp³-hybridized carbons (Fsp3) is 0.130. The van der Waals surface area contributed by atoms with Crippen LogP contribution in [0.3, 0.4) is 0 Å². The molecule has 25 heavy (non-hydrogen) atoms. The van der Waals surface area contributed by atoms with E-state index in [0.717, 1.165) is 10.8 Å². The Morgan fingerprint density at radius 1 is 0.840 bits per heavy atom. The molecule has 0 bridgehead atoms. The summed E-state index contributed by atoms with van der Waals surface area (Å²) >= 11 is 8.37. The number of rotatable bonds is 1. The average molecular weight is 361 g/mol. The highest BCUT2D eigenvalue weighted by Crippen LogP contribution is 2.62. The third-order valence-corrected chi connectivity index (χ3v) is 7.07. The number of fused-ring (bicyclic) bond motifs is 5. The molecule has 0 aromatic heterocycles. The first-order valence-electron chi connectivity index (χ1n) is 8.56. The predicted molar refractivity (Wildman–Crippen MR) is 108 cm³/mol. The van der Waals surface area contributed by atoms with E-state index in [-0.39, 0.29) is 10.7 Å². The third-order valence-electron chi connectivity index (χ3n) is 5.33. The summed E-state index contributed by atoms with van der Waals surface area (Å²) in [7, 11) is 0. The number of benzene rings is 3. The maximum absolute atomic E-state index is 6.33. The predicted octanol–water partition coefficient (Wildman–Crippen LogP) is 6.65. The fourth-order valence-corrected chi connectivity index (χ4v) is 6.09. The van der Waals surface area contributed by atoms with Gasteiger partial charge in [-0.15, -0.1) is 11.8 Å². The van der Waals surface area contributed by atoms with Crippen LogP contribution in [0, 0.1) is 0 Å². The van der Waals surface area contributed by atoms with Crippen molar-refractivity contribution in [3.8, 4) is 11.1 Å². The van der Waals surface area contributed by atoms with Crippen LogP contribution in [0.1, 0.15) is 22.6 Å². The molecule has 2 heteroatoms. The van der Waals surface area contributed by atoms with Gasteiger partial charge in [0.2, 0.25) is 0 Å². The number of allylic oxidation sites excluding steroid dienone is 1. The van der Waals surface area contributed by atoms with Gasteiger partial charge < -0.3 is 0 Å². The molecule has 0 nitrogen and oxygen atoms in total. The Labute approximate surface area is 157 Å². The van der Waals surface area contributed by atoms with Gasteiger partial charge in [0.05, 0.1) is 4.75 Å². The zero-order valence-corrected chi connectivity index (χ0v) is 15.2. The molecule has 122 valence electrons. The van der Waals surface area contributed by atoms with Crippen molar-refractivity contribution in [2.24, 2.45) is 0 Å². The summed E-state index contributed by atoms with van der Waals surface area (Å²) in [4.78, 5) is 0. The lowest BCUT2D eigenvalue weighted by molar-refractivity contribution is 0.664. The number of thioether (sulfide) groups is 1. The van der Waals surface area contributed by atoms with Gasteiger partial charge in [0.15, 0.2) is 0 Å². The molecule has 3 aromatic carbocycles. The summed E-state index contributed by atoms with van der Waals surface area (Å²) in [5.74, 6) is 1.30. The summed E-state index contributed by atoms with van der Waals surface area (Å²) in [6.07, 6.45) is 4.67. The minimum Gasteiger partial charge on any atom is -0.140 e. The molecule has 0 radical (unpaired) electrons. The largest absolute Gasteiger partial charge is 0.140 e. The molecule has 1 atom stereocenters. The van der Waals surface area contributed by atoms with Gasteiger partial charge in [-0.05, 0) is 39.9 Å². The normalized spacial score (nSPS) is 19.6. The SMILES string of the molecule is Clc1cccc(C2C=CCSC23c2ccccc2-c2ccccc23)c1. The van der Waals surface area contributed by atoms with Gasteiger partial charge in [0.1, 0.15) is 0 Å². The summed E-state index contributed by atoms with van der Waals surface area (Å²) in [6, 6.07) is 26.1. The van der Waals surface area contributed by atoms with Crippen molar-refractivity contribution in [1.82, 2.24) is 0 Å². The Balaban J connectivity index is 1.82. The van der Waals surface area contributed by atoms with Crippen LogP contribution in [0.4, 0.5) is 0 Å². The Morgan fingerprint density at radius 2 is 1.52 bits per heavy atom. The van der Waals surface area contributed by atoms with Crippen molar-refractivity contribution in [3.63, 3.8) is 0 Å². The van der Waals surface area contributed by atoms with Crippen molar-refractivity contribution >= 4 is 23.4 Å². The van der Waals surface area contributed by atoms with Crippen LogP contribution in [0.2, 0.25) is 5.02 Å². The molecule has 0 amide bonds. The minimum absolute atomic E-state index is 0.0768. The van der Waals surface area contributed by atoms with E-state index in [1.807, 2.05) is 17.8 Å². The topological polar surface area (TPSA) is 0 Å². The summed E-state index contributed by atoms with van der Waals surface area (Å²) in [5.41, 5.74) is 6.87. The van der Waals surface area contributed by atoms with Gasteiger partial charge in [0, 0.05) is 16.7 Å². The van der Waals surface area contributed by atoms with Gasteiger partial charge in [-0.1, -0.05) is 84.4 Å². The van der Waals surface area contributed by atoms with E-state index in [1.54, 1.807) is 0 Å². The van der Waals surface area contributed by atoms with Gasteiger partial charge in [-0.3, -0.25) is 0 Å². The van der Waals surface area contributed by atoms with Crippen LogP contribution in [0.25, 0.3) is 11.1 Å². The Morgan fingerprint density at radius 3 is 2.20 bits per heavy atom. The van der Waals surface area contributed by atoms with Gasteiger partial charge in [-0.2, -0.15) is 0 Å². The molecule has 0 saturated heterocycles. The summed E-state index contributed by atoms with van der Waals surface area (Å²) in [6.45, 7) is 0. The van der Waals surface area contributed by atoms with Crippen molar-refractivity contribution in [2.45, 2.75) is 10.7 Å². The second-order valence-electron chi connectivity index (χ2n) is 6.60. The first-order valence-corrected chi connectivity index (χ1v) is 9.92. The highest BCUT2D eigenvalue weighted by Gasteiger charge is 2.49. The number of hydrogen-bond acceptors (Lipinski definition) is 1. The quantitative estimate of drug-likeness (QED) is 0.438. The number of halogens is 1. The van der Waals surface area contributed by atoms with Gasteiger partial charge in [-0.25, -0.2) is 0 Å². The fourth-order valence-electron chi connectivity index (χ4n) is 4.36. The molecular formula is C23H17ClS. The highest BCUT2D eigenvalue weighted by atomic mass is 35.5. The molecule has 3 aromatic rings. The molecule has 2 aliphatic rings. The molecule has 1 unspecified atom stereocenters. The lowest BCUT2D eigenvalue weighted by Crippen LogP contribution is -2.31. The van der Waals surface area contributed by atoms with Crippen LogP contribution < -0.4 is 0 Å². The van der Waals surface area contributed by atoms with Crippen LogP contribution >= 0.6 is 23.4 Å². The molecule has 1 aliphatic carbocycles. The molecule has 0 fully saturated rings. The highest BCUT2D eigenvalue weighted by molar-refractivity contribution is 8.00. The molecule has 5 rings (SSSR count). The zero-order chi connectivity index (χ0) is 16.9. The monoisotopic (exact) mass is 360 g/mol. The van der Waals surface area contributed by atoms with Gasteiger partial charge >= 0.3 is 0 Å². The van der Waals surface area contributed by atoms with Crippen molar-refractivity contribution in [3.05, 3.63) is 107 Å². The average Bonchev–Trinajstić information content (AvgIpc) is 2.94. The van der Waals surface area contributed by atoms with Crippen molar-refractivity contribution in [2.75, 3.05) is 5.75 Å². The van der Waals surface area contributed by atoms with E-state index in [9.17, 15) is 0 Å². The van der Waals surface area contributed by atoms with Crippen molar-refractivity contribution < 1.29 is 0 Å². The molecule has 0 saturated carbocycles. The lowest BCUT2D eigenvalue weighted by atomic mass is 9.78. The smallest absolute Gasteiger partial charge is 0.0775 e. The molecule has 1 spiro atoms. The van der Waals surface area contributed by atoms with E-state index in [1.165, 1.54) is 27.8 Å². The maximum atomic E-state index is 6.33. The van der Waals surface area contributed by atoms with Crippen LogP contribution in [-0.4, -0.2) is 5.75 Å². The second-order valence-corrected chi connectivity index (χ2v) is 8.30. The zero-order valence-electron chi connectivity index (χ0n) is 13.7. The van der Waals surface area contributed by atoms with E-state index in [4.69, 9.17) is 11.6 Å². The van der Waals surface area contributed by atoms with E-state index < -0.39 is 0 Å². The summed E-state index contributed by atoms with van der Waals surface area (Å²) < 4.78 is -0.0768. The lowest BCUT2D eigenvalue weighted by Gasteiger charge is -2.40. The first kappa shape index (κ1) is 15.3. The molecule has 0 N–H and O–H groups in total.